The number of hydrogen-bond acceptors (Lipinski definition) is 5. The van der Waals surface area contributed by atoms with Gasteiger partial charge in [-0.3, -0.25) is 14.2 Å². The van der Waals surface area contributed by atoms with E-state index in [0.717, 1.165) is 41.5 Å². The number of halogens is 2. The molecule has 2 heterocycles. The predicted molar refractivity (Wildman–Crippen MR) is 120 cm³/mol. The van der Waals surface area contributed by atoms with E-state index in [2.05, 4.69) is 21.2 Å². The first-order valence-corrected chi connectivity index (χ1v) is 12.0. The van der Waals surface area contributed by atoms with Crippen LogP contribution in [-0.2, 0) is 24.2 Å². The van der Waals surface area contributed by atoms with Crippen LogP contribution in [0.25, 0.3) is 10.2 Å². The van der Waals surface area contributed by atoms with Gasteiger partial charge in [0.25, 0.3) is 5.56 Å². The molecule has 29 heavy (non-hydrogen) atoms. The molecule has 1 aliphatic carbocycles. The van der Waals surface area contributed by atoms with Gasteiger partial charge in [0, 0.05) is 15.9 Å². The van der Waals surface area contributed by atoms with E-state index in [1.54, 1.807) is 22.0 Å². The average Bonchev–Trinajstić information content (AvgIpc) is 3.25. The van der Waals surface area contributed by atoms with Crippen molar-refractivity contribution in [2.75, 3.05) is 11.1 Å². The van der Waals surface area contributed by atoms with Crippen LogP contribution in [-0.4, -0.2) is 21.2 Å². The van der Waals surface area contributed by atoms with E-state index in [1.807, 2.05) is 6.92 Å². The maximum absolute atomic E-state index is 13.9. The molecule has 4 rings (SSSR count). The highest BCUT2D eigenvalue weighted by atomic mass is 79.9. The molecule has 1 aliphatic rings. The van der Waals surface area contributed by atoms with E-state index in [9.17, 15) is 14.0 Å². The Bertz CT molecular complexity index is 1160. The summed E-state index contributed by atoms with van der Waals surface area (Å²) in [6.07, 6.45) is 3.83. The second kappa shape index (κ2) is 8.57. The van der Waals surface area contributed by atoms with Crippen LogP contribution >= 0.6 is 39.0 Å². The number of hydrogen-bond donors (Lipinski definition) is 1. The zero-order valence-electron chi connectivity index (χ0n) is 15.8. The number of carbonyl (C=O) groups excluding carboxylic acids is 1. The lowest BCUT2D eigenvalue weighted by Crippen LogP contribution is -2.24. The third-order valence-corrected chi connectivity index (χ3v) is 7.43. The third-order valence-electron chi connectivity index (χ3n) is 4.77. The van der Waals surface area contributed by atoms with Gasteiger partial charge in [-0.25, -0.2) is 9.37 Å². The van der Waals surface area contributed by atoms with Crippen LogP contribution < -0.4 is 10.9 Å². The number of nitrogens with zero attached hydrogens (tertiary/aromatic N) is 2. The van der Waals surface area contributed by atoms with E-state index in [-0.39, 0.29) is 22.9 Å². The number of anilines is 1. The van der Waals surface area contributed by atoms with E-state index in [1.165, 1.54) is 28.8 Å². The Morgan fingerprint density at radius 3 is 3.00 bits per heavy atom. The molecular formula is C20H19BrFN3O2S2. The van der Waals surface area contributed by atoms with Crippen LogP contribution in [0.15, 0.2) is 32.6 Å². The van der Waals surface area contributed by atoms with Crippen LogP contribution in [0.1, 0.15) is 30.2 Å². The quantitative estimate of drug-likeness (QED) is 0.386. The van der Waals surface area contributed by atoms with Crippen molar-refractivity contribution in [2.24, 2.45) is 0 Å². The summed E-state index contributed by atoms with van der Waals surface area (Å²) in [4.78, 5) is 32.2. The van der Waals surface area contributed by atoms with Gasteiger partial charge >= 0.3 is 0 Å². The van der Waals surface area contributed by atoms with E-state index >= 15 is 0 Å². The zero-order chi connectivity index (χ0) is 20.5. The molecule has 0 unspecified atom stereocenters. The van der Waals surface area contributed by atoms with Crippen molar-refractivity contribution in [3.8, 4) is 0 Å². The number of carbonyl (C=O) groups is 1. The molecule has 5 nitrogen and oxygen atoms in total. The second-order valence-electron chi connectivity index (χ2n) is 6.85. The number of fused-ring (bicyclic) bond motifs is 3. The van der Waals surface area contributed by atoms with Crippen molar-refractivity contribution < 1.29 is 9.18 Å². The van der Waals surface area contributed by atoms with Crippen molar-refractivity contribution in [1.29, 1.82) is 0 Å². The highest BCUT2D eigenvalue weighted by molar-refractivity contribution is 9.10. The normalized spacial score (nSPS) is 13.1. The SMILES string of the molecule is CCCn1c(SCC(=O)Nc2ccc(Br)cc2F)nc2sc3c(c2c1=O)CCC3. The maximum atomic E-state index is 13.9. The molecule has 0 aliphatic heterocycles. The van der Waals surface area contributed by atoms with Gasteiger partial charge in [0.05, 0.1) is 16.8 Å². The molecule has 0 atom stereocenters. The number of thiophene rings is 1. The molecule has 1 N–H and O–H groups in total. The number of amides is 1. The number of thioether (sulfide) groups is 1. The number of rotatable bonds is 6. The van der Waals surface area contributed by atoms with E-state index in [0.29, 0.717) is 16.2 Å². The lowest BCUT2D eigenvalue weighted by atomic mass is 10.2. The summed E-state index contributed by atoms with van der Waals surface area (Å²) in [5.74, 6) is -0.807. The monoisotopic (exact) mass is 495 g/mol. The Hall–Kier alpha value is -1.71. The molecule has 1 aromatic carbocycles. The first kappa shape index (κ1) is 20.6. The molecule has 0 saturated carbocycles. The van der Waals surface area contributed by atoms with Gasteiger partial charge in [0.2, 0.25) is 5.91 Å². The maximum Gasteiger partial charge on any atom is 0.263 e. The van der Waals surface area contributed by atoms with Crippen LogP contribution in [0.5, 0.6) is 0 Å². The van der Waals surface area contributed by atoms with Gasteiger partial charge in [-0.15, -0.1) is 11.3 Å². The Morgan fingerprint density at radius 1 is 1.41 bits per heavy atom. The lowest BCUT2D eigenvalue weighted by Gasteiger charge is -2.12. The Balaban J connectivity index is 1.57. The fourth-order valence-corrected chi connectivity index (χ4v) is 5.96. The van der Waals surface area contributed by atoms with Crippen molar-refractivity contribution >= 4 is 60.8 Å². The smallest absolute Gasteiger partial charge is 0.263 e. The number of aromatic nitrogens is 2. The highest BCUT2D eigenvalue weighted by Crippen LogP contribution is 2.35. The first-order chi connectivity index (χ1) is 14.0. The summed E-state index contributed by atoms with van der Waals surface area (Å²) in [5, 5.41) is 3.86. The topological polar surface area (TPSA) is 64.0 Å². The molecular weight excluding hydrogens is 477 g/mol. The minimum Gasteiger partial charge on any atom is -0.323 e. The van der Waals surface area contributed by atoms with Crippen LogP contribution in [0, 0.1) is 5.82 Å². The number of aryl methyl sites for hydroxylation is 2. The van der Waals surface area contributed by atoms with Crippen molar-refractivity contribution in [1.82, 2.24) is 9.55 Å². The molecule has 0 radical (unpaired) electrons. The molecule has 152 valence electrons. The minimum absolute atomic E-state index is 0.0156. The van der Waals surface area contributed by atoms with Gasteiger partial charge in [0.15, 0.2) is 5.16 Å². The first-order valence-electron chi connectivity index (χ1n) is 9.40. The molecule has 0 spiro atoms. The number of nitrogens with one attached hydrogen (secondary N) is 1. The molecule has 3 aromatic rings. The van der Waals surface area contributed by atoms with Crippen LogP contribution in [0.3, 0.4) is 0 Å². The lowest BCUT2D eigenvalue weighted by molar-refractivity contribution is -0.113. The van der Waals surface area contributed by atoms with Gasteiger partial charge < -0.3 is 5.32 Å². The van der Waals surface area contributed by atoms with Gasteiger partial charge in [-0.1, -0.05) is 34.6 Å². The summed E-state index contributed by atoms with van der Waals surface area (Å²) in [6, 6.07) is 4.47. The van der Waals surface area contributed by atoms with Gasteiger partial charge in [-0.2, -0.15) is 0 Å². The standard InChI is InChI=1S/C20H19BrFN3O2S2/c1-2-8-25-19(27)17-12-4-3-5-15(12)29-18(17)24-20(25)28-10-16(26)23-14-7-6-11(21)9-13(14)22/h6-7,9H,2-5,8,10H2,1H3,(H,23,26). The molecule has 9 heteroatoms. The minimum atomic E-state index is -0.506. The summed E-state index contributed by atoms with van der Waals surface area (Å²) in [5.41, 5.74) is 1.27. The van der Waals surface area contributed by atoms with Crippen molar-refractivity contribution in [3.05, 3.63) is 49.3 Å². The number of benzene rings is 1. The molecule has 1 amide bonds. The molecule has 2 aromatic heterocycles. The van der Waals surface area contributed by atoms with Crippen LogP contribution in [0.4, 0.5) is 10.1 Å². The van der Waals surface area contributed by atoms with Crippen molar-refractivity contribution in [2.45, 2.75) is 44.3 Å². The Labute approximate surface area is 183 Å². The summed E-state index contributed by atoms with van der Waals surface area (Å²) < 4.78 is 16.2. The molecule has 0 saturated heterocycles. The fraction of sp³-hybridized carbons (Fsp3) is 0.350. The van der Waals surface area contributed by atoms with Crippen LogP contribution in [0.2, 0.25) is 0 Å². The highest BCUT2D eigenvalue weighted by Gasteiger charge is 2.23. The average molecular weight is 496 g/mol. The second-order valence-corrected chi connectivity index (χ2v) is 9.79. The van der Waals surface area contributed by atoms with E-state index < -0.39 is 5.82 Å². The van der Waals surface area contributed by atoms with Gasteiger partial charge in [-0.05, 0) is 49.4 Å². The molecule has 0 bridgehead atoms. The zero-order valence-corrected chi connectivity index (χ0v) is 19.0. The fourth-order valence-electron chi connectivity index (χ4n) is 3.50. The summed E-state index contributed by atoms with van der Waals surface area (Å²) >= 11 is 5.99. The Morgan fingerprint density at radius 2 is 2.24 bits per heavy atom. The van der Waals surface area contributed by atoms with E-state index in [4.69, 9.17) is 4.98 Å². The molecule has 0 fully saturated rings. The Kier molecular flexibility index (Phi) is 6.08. The summed E-state index contributed by atoms with van der Waals surface area (Å²) in [7, 11) is 0. The largest absolute Gasteiger partial charge is 0.323 e. The predicted octanol–water partition coefficient (Wildman–Crippen LogP) is 4.99. The van der Waals surface area contributed by atoms with Gasteiger partial charge in [0.1, 0.15) is 10.6 Å². The summed E-state index contributed by atoms with van der Waals surface area (Å²) in [6.45, 7) is 2.56. The third kappa shape index (κ3) is 4.13. The van der Waals surface area contributed by atoms with Crippen molar-refractivity contribution in [3.63, 3.8) is 0 Å².